The fraction of sp³-hybridized carbons (Fsp3) is 0. The van der Waals surface area contributed by atoms with Crippen LogP contribution in [-0.2, 0) is 0 Å². The Morgan fingerprint density at radius 2 is 1.44 bits per heavy atom. The molecule has 0 aromatic heterocycles. The maximum absolute atomic E-state index is 8.96. The van der Waals surface area contributed by atoms with E-state index >= 15 is 0 Å². The summed E-state index contributed by atoms with van der Waals surface area (Å²) in [5.74, 6) is 5.13. The van der Waals surface area contributed by atoms with E-state index < -0.39 is 0 Å². The molecule has 16 heavy (non-hydrogen) atoms. The smallest absolute Gasteiger partial charge is 0.152 e. The summed E-state index contributed by atoms with van der Waals surface area (Å²) in [6, 6.07) is 15.0. The van der Waals surface area contributed by atoms with E-state index in [0.717, 1.165) is 16.3 Å². The molecule has 0 aliphatic rings. The lowest BCUT2D eigenvalue weighted by Gasteiger charge is -2.01. The summed E-state index contributed by atoms with van der Waals surface area (Å²) >= 11 is 0. The Bertz CT molecular complexity index is 688. The summed E-state index contributed by atoms with van der Waals surface area (Å²) in [7, 11) is 0. The molecule has 2 nitrogen and oxygen atoms in total. The Kier molecular flexibility index (Phi) is 2.55. The Morgan fingerprint density at radius 1 is 0.812 bits per heavy atom. The van der Waals surface area contributed by atoms with Gasteiger partial charge in [0.1, 0.15) is 0 Å². The molecular formula is C14H6N2. The largest absolute Gasteiger partial charge is 0.192 e. The molecule has 0 amide bonds. The topological polar surface area (TPSA) is 47.6 Å². The van der Waals surface area contributed by atoms with Crippen LogP contribution in [0.5, 0.6) is 0 Å². The fourth-order valence-corrected chi connectivity index (χ4v) is 1.61. The zero-order valence-corrected chi connectivity index (χ0v) is 8.36. The molecule has 0 atom stereocenters. The minimum absolute atomic E-state index is 0.623. The highest BCUT2D eigenvalue weighted by Gasteiger charge is 2.02. The number of hydrogen-bond donors (Lipinski definition) is 0. The van der Waals surface area contributed by atoms with Crippen molar-refractivity contribution in [3.63, 3.8) is 0 Å². The van der Waals surface area contributed by atoms with E-state index in [-0.39, 0.29) is 0 Å². The third kappa shape index (κ3) is 1.59. The Hall–Kier alpha value is -2.76. The van der Waals surface area contributed by atoms with Gasteiger partial charge >= 0.3 is 0 Å². The van der Waals surface area contributed by atoms with Crippen LogP contribution in [0.3, 0.4) is 0 Å². The van der Waals surface area contributed by atoms with Crippen LogP contribution in [0.25, 0.3) is 10.8 Å². The molecule has 2 aromatic carbocycles. The number of nitriles is 2. The maximum atomic E-state index is 8.96. The van der Waals surface area contributed by atoms with Crippen molar-refractivity contribution in [2.24, 2.45) is 0 Å². The number of fused-ring (bicyclic) bond motifs is 1. The van der Waals surface area contributed by atoms with Gasteiger partial charge in [0.2, 0.25) is 0 Å². The summed E-state index contributed by atoms with van der Waals surface area (Å²) in [5, 5.41) is 19.2. The van der Waals surface area contributed by atoms with Gasteiger partial charge in [-0.1, -0.05) is 30.2 Å². The minimum Gasteiger partial charge on any atom is -0.192 e. The lowest BCUT2D eigenvalue weighted by Crippen LogP contribution is -1.83. The molecule has 2 aromatic rings. The van der Waals surface area contributed by atoms with Crippen LogP contribution in [0.15, 0.2) is 36.4 Å². The van der Waals surface area contributed by atoms with Crippen LogP contribution in [0, 0.1) is 34.5 Å². The lowest BCUT2D eigenvalue weighted by molar-refractivity contribution is 1.50. The second-order valence-electron chi connectivity index (χ2n) is 3.18. The van der Waals surface area contributed by atoms with Crippen LogP contribution < -0.4 is 0 Å². The highest BCUT2D eigenvalue weighted by Crippen LogP contribution is 2.21. The first-order valence-corrected chi connectivity index (χ1v) is 4.69. The predicted molar refractivity (Wildman–Crippen MR) is 61.2 cm³/mol. The van der Waals surface area contributed by atoms with Crippen LogP contribution in [0.1, 0.15) is 11.1 Å². The first-order chi connectivity index (χ1) is 7.86. The van der Waals surface area contributed by atoms with Gasteiger partial charge in [-0.2, -0.15) is 10.5 Å². The summed E-state index contributed by atoms with van der Waals surface area (Å²) in [4.78, 5) is 0. The Morgan fingerprint density at radius 3 is 2.06 bits per heavy atom. The van der Waals surface area contributed by atoms with Crippen molar-refractivity contribution < 1.29 is 0 Å². The number of rotatable bonds is 0. The van der Waals surface area contributed by atoms with Gasteiger partial charge in [-0.3, -0.25) is 0 Å². The van der Waals surface area contributed by atoms with Gasteiger partial charge in [0.05, 0.1) is 11.6 Å². The molecule has 0 saturated heterocycles. The molecule has 0 radical (unpaired) electrons. The average Bonchev–Trinajstić information content (AvgIpc) is 2.35. The normalized spacial score (nSPS) is 8.62. The van der Waals surface area contributed by atoms with Crippen LogP contribution >= 0.6 is 0 Å². The number of nitrogens with zero attached hydrogens (tertiary/aromatic N) is 2. The van der Waals surface area contributed by atoms with E-state index in [1.54, 1.807) is 12.1 Å². The van der Waals surface area contributed by atoms with Crippen molar-refractivity contribution in [2.45, 2.75) is 0 Å². The molecule has 0 heterocycles. The molecule has 0 bridgehead atoms. The van der Waals surface area contributed by atoms with E-state index in [1.807, 2.05) is 30.3 Å². The highest BCUT2D eigenvalue weighted by molar-refractivity contribution is 5.92. The lowest BCUT2D eigenvalue weighted by atomic mass is 10.0. The van der Waals surface area contributed by atoms with E-state index in [1.165, 1.54) is 0 Å². The molecule has 0 spiro atoms. The quantitative estimate of drug-likeness (QED) is 0.616. The van der Waals surface area contributed by atoms with Crippen molar-refractivity contribution in [1.29, 1.82) is 10.5 Å². The summed E-state index contributed by atoms with van der Waals surface area (Å²) < 4.78 is 0. The monoisotopic (exact) mass is 202 g/mol. The standard InChI is InChI=1S/C14H6N2/c15-9-3-6-11-4-1-8-14-12(10-16)5-2-7-13(11)14/h1-2,4-5,7-8H. The predicted octanol–water partition coefficient (Wildman–Crippen LogP) is 2.59. The van der Waals surface area contributed by atoms with E-state index in [0.29, 0.717) is 5.56 Å². The summed E-state index contributed by atoms with van der Waals surface area (Å²) in [6.07, 6.45) is 0. The zero-order valence-electron chi connectivity index (χ0n) is 8.36. The van der Waals surface area contributed by atoms with E-state index in [2.05, 4.69) is 17.9 Å². The van der Waals surface area contributed by atoms with Gasteiger partial charge in [-0.15, -0.1) is 0 Å². The molecule has 2 heteroatoms. The second kappa shape index (κ2) is 4.18. The van der Waals surface area contributed by atoms with Crippen molar-refractivity contribution in [1.82, 2.24) is 0 Å². The van der Waals surface area contributed by atoms with Crippen molar-refractivity contribution in [3.05, 3.63) is 47.5 Å². The van der Waals surface area contributed by atoms with Gasteiger partial charge in [0, 0.05) is 16.9 Å². The number of hydrogen-bond acceptors (Lipinski definition) is 2. The third-order valence-electron chi connectivity index (χ3n) is 2.30. The molecule has 0 N–H and O–H groups in total. The first-order valence-electron chi connectivity index (χ1n) is 4.69. The summed E-state index contributed by atoms with van der Waals surface area (Å²) in [6.45, 7) is 0. The molecular weight excluding hydrogens is 196 g/mol. The van der Waals surface area contributed by atoms with Crippen molar-refractivity contribution in [2.75, 3.05) is 0 Å². The van der Waals surface area contributed by atoms with Gasteiger partial charge in [-0.25, -0.2) is 0 Å². The van der Waals surface area contributed by atoms with Crippen molar-refractivity contribution >= 4 is 10.8 Å². The van der Waals surface area contributed by atoms with Crippen LogP contribution in [0.2, 0.25) is 0 Å². The number of benzene rings is 2. The van der Waals surface area contributed by atoms with Gasteiger partial charge in [0.25, 0.3) is 0 Å². The van der Waals surface area contributed by atoms with Gasteiger partial charge in [-0.05, 0) is 17.5 Å². The highest BCUT2D eigenvalue weighted by atomic mass is 14.2. The van der Waals surface area contributed by atoms with Crippen LogP contribution in [0.4, 0.5) is 0 Å². The molecule has 0 saturated carbocycles. The summed E-state index contributed by atoms with van der Waals surface area (Å²) in [5.41, 5.74) is 1.40. The average molecular weight is 202 g/mol. The van der Waals surface area contributed by atoms with Gasteiger partial charge < -0.3 is 0 Å². The minimum atomic E-state index is 0.623. The van der Waals surface area contributed by atoms with Crippen molar-refractivity contribution in [3.8, 4) is 24.0 Å². The molecule has 0 unspecified atom stereocenters. The zero-order chi connectivity index (χ0) is 11.4. The van der Waals surface area contributed by atoms with E-state index in [4.69, 9.17) is 10.5 Å². The second-order valence-corrected chi connectivity index (χ2v) is 3.18. The molecule has 72 valence electrons. The molecule has 0 fully saturated rings. The molecule has 0 aliphatic heterocycles. The SMILES string of the molecule is N#CC#Cc1cccc2c(C#N)cccc12. The third-order valence-corrected chi connectivity index (χ3v) is 2.30. The van der Waals surface area contributed by atoms with E-state index in [9.17, 15) is 0 Å². The maximum Gasteiger partial charge on any atom is 0.152 e. The first kappa shape index (κ1) is 9.78. The molecule has 0 aliphatic carbocycles. The van der Waals surface area contributed by atoms with Crippen LogP contribution in [-0.4, -0.2) is 0 Å². The fourth-order valence-electron chi connectivity index (χ4n) is 1.61. The Labute approximate surface area is 93.4 Å². The van der Waals surface area contributed by atoms with Gasteiger partial charge in [0.15, 0.2) is 6.07 Å². The Balaban J connectivity index is 2.81. The molecule has 2 rings (SSSR count).